The largest absolute Gasteiger partial charge is 0.462 e. The fourth-order valence-electron chi connectivity index (χ4n) is 6.96. The number of aryl methyl sites for hydroxylation is 1. The van der Waals surface area contributed by atoms with Gasteiger partial charge in [-0.15, -0.1) is 0 Å². The topological polar surface area (TPSA) is 62.3 Å². The number of fused-ring (bicyclic) bond motifs is 5. The average molecular weight is 432 g/mol. The van der Waals surface area contributed by atoms with Gasteiger partial charge in [-0.25, -0.2) is 0 Å². The van der Waals surface area contributed by atoms with Gasteiger partial charge in [0.1, 0.15) is 12.4 Å². The van der Waals surface area contributed by atoms with E-state index in [4.69, 9.17) is 14.7 Å². The van der Waals surface area contributed by atoms with Crippen LogP contribution in [0.3, 0.4) is 0 Å². The van der Waals surface area contributed by atoms with Crippen molar-refractivity contribution in [2.24, 2.45) is 0 Å². The number of hydrogen-bond donors (Lipinski definition) is 2. The molecule has 4 aliphatic heterocycles. The molecule has 2 N–H and O–H groups in total. The second-order valence-corrected chi connectivity index (χ2v) is 10.7. The van der Waals surface area contributed by atoms with E-state index in [0.717, 1.165) is 38.3 Å². The Kier molecular flexibility index (Phi) is 4.48. The van der Waals surface area contributed by atoms with Gasteiger partial charge in [-0.2, -0.15) is 9.97 Å². The van der Waals surface area contributed by atoms with Gasteiger partial charge >= 0.3 is 6.01 Å². The van der Waals surface area contributed by atoms with Crippen LogP contribution in [0.15, 0.2) is 24.3 Å². The third-order valence-corrected chi connectivity index (χ3v) is 8.67. The lowest BCUT2D eigenvalue weighted by atomic mass is 9.69. The van der Waals surface area contributed by atoms with E-state index in [9.17, 15) is 0 Å². The van der Waals surface area contributed by atoms with Gasteiger partial charge in [-0.3, -0.25) is 0 Å². The highest BCUT2D eigenvalue weighted by Gasteiger charge is 2.44. The molecule has 32 heavy (non-hydrogen) atoms. The summed E-state index contributed by atoms with van der Waals surface area (Å²) in [6, 6.07) is 11.3. The van der Waals surface area contributed by atoms with Crippen LogP contribution < -0.4 is 20.3 Å². The SMILES string of the molecule is c1ccc2c(c1)CCC21CCc2c(nc(OC[C@@H]3CCCN3)nc2N2CC3CC(C2)N3)C1. The summed E-state index contributed by atoms with van der Waals surface area (Å²) >= 11 is 0. The smallest absolute Gasteiger partial charge is 0.318 e. The second-order valence-electron chi connectivity index (χ2n) is 10.7. The first-order valence-electron chi connectivity index (χ1n) is 12.6. The number of rotatable bonds is 4. The van der Waals surface area contributed by atoms with Crippen molar-refractivity contribution in [1.29, 1.82) is 0 Å². The number of ether oxygens (including phenoxy) is 1. The highest BCUT2D eigenvalue weighted by atomic mass is 16.5. The fraction of sp³-hybridized carbons (Fsp3) is 0.615. The summed E-state index contributed by atoms with van der Waals surface area (Å²) in [5.74, 6) is 1.15. The Morgan fingerprint density at radius 3 is 2.78 bits per heavy atom. The zero-order valence-corrected chi connectivity index (χ0v) is 18.8. The third-order valence-electron chi connectivity index (χ3n) is 8.67. The summed E-state index contributed by atoms with van der Waals surface area (Å²) in [4.78, 5) is 12.6. The maximum absolute atomic E-state index is 6.22. The number of piperazine rings is 1. The van der Waals surface area contributed by atoms with Crippen LogP contribution in [0.4, 0.5) is 5.82 Å². The van der Waals surface area contributed by atoms with Crippen molar-refractivity contribution in [2.45, 2.75) is 74.9 Å². The predicted molar refractivity (Wildman–Crippen MR) is 125 cm³/mol. The lowest BCUT2D eigenvalue weighted by Gasteiger charge is -2.49. The normalized spacial score (nSPS) is 32.5. The van der Waals surface area contributed by atoms with Crippen molar-refractivity contribution in [1.82, 2.24) is 20.6 Å². The van der Waals surface area contributed by atoms with Crippen molar-refractivity contribution >= 4 is 5.82 Å². The minimum absolute atomic E-state index is 0.241. The van der Waals surface area contributed by atoms with Gasteiger partial charge in [0.2, 0.25) is 0 Å². The quantitative estimate of drug-likeness (QED) is 0.776. The van der Waals surface area contributed by atoms with E-state index in [0.29, 0.717) is 30.7 Å². The van der Waals surface area contributed by atoms with Gasteiger partial charge in [-0.1, -0.05) is 24.3 Å². The number of hydrogen-bond acceptors (Lipinski definition) is 6. The third kappa shape index (κ3) is 3.14. The van der Waals surface area contributed by atoms with Crippen molar-refractivity contribution in [2.75, 3.05) is 31.1 Å². The molecule has 4 saturated heterocycles. The molecule has 2 aliphatic carbocycles. The van der Waals surface area contributed by atoms with Gasteiger partial charge in [0.15, 0.2) is 0 Å². The van der Waals surface area contributed by atoms with Crippen LogP contribution in [0.5, 0.6) is 6.01 Å². The van der Waals surface area contributed by atoms with E-state index in [2.05, 4.69) is 39.8 Å². The average Bonchev–Trinajstić information content (AvgIpc) is 3.46. The Hall–Kier alpha value is -2.18. The molecule has 6 aliphatic rings. The number of nitrogens with one attached hydrogen (secondary N) is 2. The van der Waals surface area contributed by atoms with Crippen LogP contribution in [0, 0.1) is 0 Å². The Balaban J connectivity index is 1.23. The van der Waals surface area contributed by atoms with Crippen LogP contribution in [0.25, 0.3) is 0 Å². The molecular weight excluding hydrogens is 398 g/mol. The zero-order valence-electron chi connectivity index (χ0n) is 18.8. The first kappa shape index (κ1) is 19.3. The van der Waals surface area contributed by atoms with Gasteiger partial charge in [0.25, 0.3) is 0 Å². The molecule has 0 amide bonds. The van der Waals surface area contributed by atoms with Crippen LogP contribution in [0.2, 0.25) is 0 Å². The summed E-state index contributed by atoms with van der Waals surface area (Å²) in [5, 5.41) is 7.19. The molecule has 2 aromatic rings. The highest BCUT2D eigenvalue weighted by Crippen LogP contribution is 2.48. The molecule has 4 fully saturated rings. The molecule has 1 spiro atoms. The van der Waals surface area contributed by atoms with Crippen molar-refractivity contribution < 1.29 is 4.74 Å². The molecule has 1 aromatic carbocycles. The summed E-state index contributed by atoms with van der Waals surface area (Å²) in [6.07, 6.45) is 9.45. The first-order valence-corrected chi connectivity index (χ1v) is 12.6. The molecule has 1 aromatic heterocycles. The Morgan fingerprint density at radius 2 is 1.94 bits per heavy atom. The van der Waals surface area contributed by atoms with Gasteiger partial charge < -0.3 is 20.3 Å². The van der Waals surface area contributed by atoms with E-state index in [1.54, 1.807) is 5.56 Å². The van der Waals surface area contributed by atoms with Crippen molar-refractivity contribution in [3.8, 4) is 6.01 Å². The van der Waals surface area contributed by atoms with Crippen molar-refractivity contribution in [3.05, 3.63) is 46.6 Å². The predicted octanol–water partition coefficient (Wildman–Crippen LogP) is 2.53. The van der Waals surface area contributed by atoms with Gasteiger partial charge in [-0.05, 0) is 69.0 Å². The molecule has 168 valence electrons. The molecule has 4 atom stereocenters. The highest BCUT2D eigenvalue weighted by molar-refractivity contribution is 5.55. The molecule has 2 bridgehead atoms. The van der Waals surface area contributed by atoms with Gasteiger partial charge in [0.05, 0.1) is 5.69 Å². The first-order chi connectivity index (χ1) is 15.8. The summed E-state index contributed by atoms with van der Waals surface area (Å²) in [5.41, 5.74) is 5.96. The molecular formula is C26H33N5O. The Bertz CT molecular complexity index is 1020. The lowest BCUT2D eigenvalue weighted by molar-refractivity contribution is 0.222. The Labute approximate surface area is 190 Å². The van der Waals surface area contributed by atoms with Crippen LogP contribution >= 0.6 is 0 Å². The van der Waals surface area contributed by atoms with Gasteiger partial charge in [0, 0.05) is 42.2 Å². The standard InChI is InChI=1S/C26H33N5O/c1-2-6-22-17(4-1)7-9-26(22)10-8-21-23(13-26)29-25(32-16-18-5-3-11-27-18)30-24(21)31-14-19-12-20(15-31)28-19/h1-2,4,6,18-20,27-28H,3,5,7-16H2/t18-,19?,20?,26?/m0/s1. The number of aromatic nitrogens is 2. The fourth-order valence-corrected chi connectivity index (χ4v) is 6.96. The number of anilines is 1. The van der Waals surface area contributed by atoms with E-state index in [1.807, 2.05) is 0 Å². The maximum atomic E-state index is 6.22. The minimum Gasteiger partial charge on any atom is -0.462 e. The maximum Gasteiger partial charge on any atom is 0.318 e. The van der Waals surface area contributed by atoms with Crippen LogP contribution in [-0.2, 0) is 24.7 Å². The Morgan fingerprint density at radius 1 is 1.09 bits per heavy atom. The lowest BCUT2D eigenvalue weighted by Crippen LogP contribution is -2.67. The second kappa shape index (κ2) is 7.42. The van der Waals surface area contributed by atoms with E-state index >= 15 is 0 Å². The molecule has 5 heterocycles. The zero-order chi connectivity index (χ0) is 21.1. The molecule has 6 heteroatoms. The summed E-state index contributed by atoms with van der Waals surface area (Å²) in [6.45, 7) is 3.86. The van der Waals surface area contributed by atoms with E-state index in [-0.39, 0.29) is 5.41 Å². The molecule has 0 radical (unpaired) electrons. The molecule has 8 rings (SSSR count). The minimum atomic E-state index is 0.241. The number of nitrogens with zero attached hydrogens (tertiary/aromatic N) is 3. The monoisotopic (exact) mass is 431 g/mol. The molecule has 0 saturated carbocycles. The van der Waals surface area contributed by atoms with Crippen LogP contribution in [0.1, 0.15) is 54.5 Å². The van der Waals surface area contributed by atoms with E-state index < -0.39 is 0 Å². The molecule has 6 nitrogen and oxygen atoms in total. The number of piperidine rings is 1. The van der Waals surface area contributed by atoms with E-state index in [1.165, 1.54) is 55.3 Å². The van der Waals surface area contributed by atoms with Crippen LogP contribution in [-0.4, -0.2) is 54.3 Å². The van der Waals surface area contributed by atoms with Crippen molar-refractivity contribution in [3.63, 3.8) is 0 Å². The summed E-state index contributed by atoms with van der Waals surface area (Å²) < 4.78 is 6.22. The number of benzene rings is 1. The summed E-state index contributed by atoms with van der Waals surface area (Å²) in [7, 11) is 0. The molecule has 3 unspecified atom stereocenters.